The number of amides is 1. The summed E-state index contributed by atoms with van der Waals surface area (Å²) in [7, 11) is 0. The molecule has 3 saturated heterocycles. The van der Waals surface area contributed by atoms with E-state index >= 15 is 0 Å². The van der Waals surface area contributed by atoms with Crippen molar-refractivity contribution in [2.75, 3.05) is 39.3 Å². The van der Waals surface area contributed by atoms with E-state index in [4.69, 9.17) is 4.74 Å². The Kier molecular flexibility index (Phi) is 4.05. The molecule has 4 atom stereocenters. The number of nitrogens with zero attached hydrogens (tertiary/aromatic N) is 1. The third-order valence-corrected chi connectivity index (χ3v) is 4.82. The Balaban J connectivity index is 1.43. The fraction of sp³-hybridized carbons (Fsp3) is 0.929. The lowest BCUT2D eigenvalue weighted by Gasteiger charge is -2.35. The van der Waals surface area contributed by atoms with Crippen molar-refractivity contribution in [2.24, 2.45) is 11.8 Å². The number of ether oxygens (including phenoxy) is 1. The maximum atomic E-state index is 12.1. The standard InChI is InChI=1S/C14H25N3O2/c1-10-5-15-7-13(10)14(18)16-6-12-8-17-4-2-3-11(17)9-19-12/h10-13,15H,2-9H2,1H3,(H,16,18). The van der Waals surface area contributed by atoms with Gasteiger partial charge < -0.3 is 15.4 Å². The fourth-order valence-electron chi connectivity index (χ4n) is 3.52. The van der Waals surface area contributed by atoms with Gasteiger partial charge in [0, 0.05) is 25.7 Å². The maximum Gasteiger partial charge on any atom is 0.224 e. The van der Waals surface area contributed by atoms with Crippen LogP contribution in [0.25, 0.3) is 0 Å². The molecule has 3 heterocycles. The average molecular weight is 267 g/mol. The predicted molar refractivity (Wildman–Crippen MR) is 72.9 cm³/mol. The van der Waals surface area contributed by atoms with Gasteiger partial charge in [0.05, 0.1) is 18.6 Å². The summed E-state index contributed by atoms with van der Waals surface area (Å²) in [6, 6.07) is 0.631. The van der Waals surface area contributed by atoms with Gasteiger partial charge in [-0.25, -0.2) is 0 Å². The van der Waals surface area contributed by atoms with E-state index < -0.39 is 0 Å². The van der Waals surface area contributed by atoms with Crippen LogP contribution in [0.1, 0.15) is 19.8 Å². The fourth-order valence-corrected chi connectivity index (χ4v) is 3.52. The van der Waals surface area contributed by atoms with Crippen LogP contribution in [0.5, 0.6) is 0 Å². The largest absolute Gasteiger partial charge is 0.373 e. The van der Waals surface area contributed by atoms with E-state index in [0.717, 1.165) is 26.2 Å². The maximum absolute atomic E-state index is 12.1. The van der Waals surface area contributed by atoms with E-state index in [2.05, 4.69) is 22.5 Å². The second kappa shape index (κ2) is 5.77. The van der Waals surface area contributed by atoms with Crippen molar-refractivity contribution in [1.82, 2.24) is 15.5 Å². The topological polar surface area (TPSA) is 53.6 Å². The molecular formula is C14H25N3O2. The Morgan fingerprint density at radius 1 is 1.47 bits per heavy atom. The Hall–Kier alpha value is -0.650. The zero-order valence-electron chi connectivity index (χ0n) is 11.7. The van der Waals surface area contributed by atoms with Crippen LogP contribution in [-0.2, 0) is 9.53 Å². The van der Waals surface area contributed by atoms with Crippen LogP contribution < -0.4 is 10.6 Å². The summed E-state index contributed by atoms with van der Waals surface area (Å²) < 4.78 is 5.86. The molecule has 3 aliphatic heterocycles. The number of hydrogen-bond donors (Lipinski definition) is 2. The summed E-state index contributed by atoms with van der Waals surface area (Å²) in [6.45, 7) is 7.56. The Morgan fingerprint density at radius 2 is 2.37 bits per heavy atom. The summed E-state index contributed by atoms with van der Waals surface area (Å²) in [6.07, 6.45) is 2.73. The molecule has 108 valence electrons. The minimum atomic E-state index is 0.128. The zero-order valence-corrected chi connectivity index (χ0v) is 11.7. The quantitative estimate of drug-likeness (QED) is 0.745. The third-order valence-electron chi connectivity index (χ3n) is 4.82. The molecule has 0 radical (unpaired) electrons. The van der Waals surface area contributed by atoms with Gasteiger partial charge in [0.25, 0.3) is 0 Å². The van der Waals surface area contributed by atoms with Gasteiger partial charge in [0.2, 0.25) is 5.91 Å². The second-order valence-corrected chi connectivity index (χ2v) is 6.23. The number of hydrogen-bond acceptors (Lipinski definition) is 4. The molecule has 0 aromatic rings. The lowest BCUT2D eigenvalue weighted by molar-refractivity contribution is -0.126. The smallest absolute Gasteiger partial charge is 0.224 e. The van der Waals surface area contributed by atoms with Crippen LogP contribution in [0.4, 0.5) is 0 Å². The van der Waals surface area contributed by atoms with Crippen molar-refractivity contribution < 1.29 is 9.53 Å². The van der Waals surface area contributed by atoms with E-state index in [1.807, 2.05) is 0 Å². The SMILES string of the molecule is CC1CNCC1C(=O)NCC1CN2CCCC2CO1. The van der Waals surface area contributed by atoms with Gasteiger partial charge in [0.1, 0.15) is 0 Å². The number of carbonyl (C=O) groups excluding carboxylic acids is 1. The van der Waals surface area contributed by atoms with Gasteiger partial charge in [0.15, 0.2) is 0 Å². The van der Waals surface area contributed by atoms with Crippen molar-refractivity contribution in [2.45, 2.75) is 31.9 Å². The molecule has 5 heteroatoms. The van der Waals surface area contributed by atoms with Crippen LogP contribution in [0.2, 0.25) is 0 Å². The highest BCUT2D eigenvalue weighted by molar-refractivity contribution is 5.79. The first-order valence-electron chi connectivity index (χ1n) is 7.58. The summed E-state index contributed by atoms with van der Waals surface area (Å²) >= 11 is 0. The Morgan fingerprint density at radius 3 is 3.16 bits per heavy atom. The molecule has 0 saturated carbocycles. The van der Waals surface area contributed by atoms with E-state index in [1.165, 1.54) is 19.4 Å². The third kappa shape index (κ3) is 2.93. The molecule has 5 nitrogen and oxygen atoms in total. The first-order valence-corrected chi connectivity index (χ1v) is 7.58. The molecule has 3 fully saturated rings. The van der Waals surface area contributed by atoms with Crippen LogP contribution >= 0.6 is 0 Å². The summed E-state index contributed by atoms with van der Waals surface area (Å²) in [5, 5.41) is 6.34. The van der Waals surface area contributed by atoms with Gasteiger partial charge in [-0.2, -0.15) is 0 Å². The lowest BCUT2D eigenvalue weighted by atomic mass is 9.97. The monoisotopic (exact) mass is 267 g/mol. The molecule has 2 N–H and O–H groups in total. The first kappa shape index (κ1) is 13.3. The van der Waals surface area contributed by atoms with Crippen molar-refractivity contribution in [1.29, 1.82) is 0 Å². The molecule has 0 spiro atoms. The molecule has 19 heavy (non-hydrogen) atoms. The molecule has 1 amide bonds. The summed E-state index contributed by atoms with van der Waals surface area (Å²) in [5.41, 5.74) is 0. The van der Waals surface area contributed by atoms with Crippen LogP contribution in [0.15, 0.2) is 0 Å². The van der Waals surface area contributed by atoms with E-state index in [1.54, 1.807) is 0 Å². The summed E-state index contributed by atoms with van der Waals surface area (Å²) in [5.74, 6) is 0.753. The van der Waals surface area contributed by atoms with Crippen LogP contribution in [0.3, 0.4) is 0 Å². The normalized spacial score (nSPS) is 39.2. The van der Waals surface area contributed by atoms with Crippen molar-refractivity contribution in [3.8, 4) is 0 Å². The first-order chi connectivity index (χ1) is 9.24. The Labute approximate surface area is 115 Å². The van der Waals surface area contributed by atoms with E-state index in [-0.39, 0.29) is 17.9 Å². The molecule has 3 rings (SSSR count). The van der Waals surface area contributed by atoms with Gasteiger partial charge >= 0.3 is 0 Å². The lowest BCUT2D eigenvalue weighted by Crippen LogP contribution is -2.50. The van der Waals surface area contributed by atoms with Crippen molar-refractivity contribution >= 4 is 5.91 Å². The molecule has 4 unspecified atom stereocenters. The van der Waals surface area contributed by atoms with Crippen LogP contribution in [-0.4, -0.2) is 62.3 Å². The highest BCUT2D eigenvalue weighted by Crippen LogP contribution is 2.22. The number of nitrogens with one attached hydrogen (secondary N) is 2. The average Bonchev–Trinajstić information content (AvgIpc) is 3.03. The van der Waals surface area contributed by atoms with Gasteiger partial charge in [-0.15, -0.1) is 0 Å². The number of fused-ring (bicyclic) bond motifs is 1. The highest BCUT2D eigenvalue weighted by atomic mass is 16.5. The van der Waals surface area contributed by atoms with E-state index in [9.17, 15) is 4.79 Å². The molecular weight excluding hydrogens is 242 g/mol. The number of rotatable bonds is 3. The molecule has 0 aliphatic carbocycles. The van der Waals surface area contributed by atoms with E-state index in [0.29, 0.717) is 18.5 Å². The molecule has 0 aromatic carbocycles. The summed E-state index contributed by atoms with van der Waals surface area (Å²) in [4.78, 5) is 14.6. The van der Waals surface area contributed by atoms with Crippen molar-refractivity contribution in [3.63, 3.8) is 0 Å². The van der Waals surface area contributed by atoms with Gasteiger partial charge in [-0.1, -0.05) is 6.92 Å². The zero-order chi connectivity index (χ0) is 13.2. The van der Waals surface area contributed by atoms with Crippen LogP contribution in [0, 0.1) is 11.8 Å². The molecule has 3 aliphatic rings. The highest BCUT2D eigenvalue weighted by Gasteiger charge is 2.33. The van der Waals surface area contributed by atoms with Gasteiger partial charge in [-0.05, 0) is 31.8 Å². The van der Waals surface area contributed by atoms with Gasteiger partial charge in [-0.3, -0.25) is 9.69 Å². The molecule has 0 aromatic heterocycles. The minimum Gasteiger partial charge on any atom is -0.373 e. The number of carbonyl (C=O) groups is 1. The predicted octanol–water partition coefficient (Wildman–Crippen LogP) is -0.179. The Bertz CT molecular complexity index is 337. The molecule has 0 bridgehead atoms. The number of morpholine rings is 1. The minimum absolute atomic E-state index is 0.128. The second-order valence-electron chi connectivity index (χ2n) is 6.23. The van der Waals surface area contributed by atoms with Crippen molar-refractivity contribution in [3.05, 3.63) is 0 Å².